The molecule has 21 heavy (non-hydrogen) atoms. The van der Waals surface area contributed by atoms with Crippen LogP contribution in [0.25, 0.3) is 0 Å². The lowest BCUT2D eigenvalue weighted by molar-refractivity contribution is 0.0929. The van der Waals surface area contributed by atoms with E-state index < -0.39 is 9.96 Å². The zero-order valence-electron chi connectivity index (χ0n) is 12.0. The number of ether oxygens (including phenoxy) is 1. The van der Waals surface area contributed by atoms with Gasteiger partial charge in [-0.15, -0.1) is 0 Å². The van der Waals surface area contributed by atoms with Crippen molar-refractivity contribution in [3.8, 4) is 0 Å². The van der Waals surface area contributed by atoms with Gasteiger partial charge in [-0.05, 0) is 32.0 Å². The molecule has 0 saturated carbocycles. The van der Waals surface area contributed by atoms with Gasteiger partial charge in [-0.2, -0.15) is 0 Å². The Bertz CT molecular complexity index is 464. The van der Waals surface area contributed by atoms with E-state index in [0.717, 1.165) is 12.0 Å². The van der Waals surface area contributed by atoms with Crippen molar-refractivity contribution in [3.63, 3.8) is 0 Å². The highest BCUT2D eigenvalue weighted by Gasteiger charge is 2.33. The van der Waals surface area contributed by atoms with Gasteiger partial charge in [0.05, 0.1) is 0 Å². The fraction of sp³-hybridized carbons (Fsp3) is 0.500. The smallest absolute Gasteiger partial charge is 0.252 e. The van der Waals surface area contributed by atoms with E-state index in [9.17, 15) is 4.79 Å². The maximum Gasteiger partial charge on any atom is 0.252 e. The molecule has 0 bridgehead atoms. The van der Waals surface area contributed by atoms with Crippen molar-refractivity contribution in [1.82, 2.24) is 10.6 Å². The Morgan fingerprint density at radius 1 is 1.38 bits per heavy atom. The van der Waals surface area contributed by atoms with Gasteiger partial charge in [-0.1, -0.05) is 52.5 Å². The highest BCUT2D eigenvalue weighted by atomic mass is 35.6. The molecule has 0 radical (unpaired) electrons. The van der Waals surface area contributed by atoms with Gasteiger partial charge < -0.3 is 10.1 Å². The van der Waals surface area contributed by atoms with Gasteiger partial charge in [0.2, 0.25) is 3.79 Å². The average molecular weight is 354 g/mol. The Balaban J connectivity index is 2.65. The Kier molecular flexibility index (Phi) is 7.77. The molecule has 0 spiro atoms. The molecule has 1 aromatic rings. The van der Waals surface area contributed by atoms with Crippen molar-refractivity contribution in [2.75, 3.05) is 20.3 Å². The zero-order chi connectivity index (χ0) is 15.9. The molecular formula is C14H19Cl3N2O2. The highest BCUT2D eigenvalue weighted by molar-refractivity contribution is 6.68. The molecule has 1 amide bonds. The molecule has 0 saturated heterocycles. The van der Waals surface area contributed by atoms with Crippen molar-refractivity contribution in [1.29, 1.82) is 0 Å². The summed E-state index contributed by atoms with van der Waals surface area (Å²) in [5.74, 6) is -0.297. The van der Waals surface area contributed by atoms with Crippen LogP contribution in [0.3, 0.4) is 0 Å². The monoisotopic (exact) mass is 352 g/mol. The second-order valence-electron chi connectivity index (χ2n) is 4.62. The molecule has 7 heteroatoms. The molecular weight excluding hydrogens is 335 g/mol. The molecule has 0 aliphatic heterocycles. The minimum atomic E-state index is -1.65. The van der Waals surface area contributed by atoms with Crippen LogP contribution in [0, 0.1) is 6.92 Å². The topological polar surface area (TPSA) is 50.4 Å². The van der Waals surface area contributed by atoms with Crippen LogP contribution in [0.5, 0.6) is 0 Å². The van der Waals surface area contributed by atoms with Gasteiger partial charge >= 0.3 is 0 Å². The Morgan fingerprint density at radius 2 is 2.10 bits per heavy atom. The van der Waals surface area contributed by atoms with E-state index >= 15 is 0 Å². The van der Waals surface area contributed by atoms with Gasteiger partial charge in [-0.25, -0.2) is 0 Å². The van der Waals surface area contributed by atoms with Crippen LogP contribution in [0.1, 0.15) is 22.3 Å². The summed E-state index contributed by atoms with van der Waals surface area (Å²) in [7, 11) is 1.62. The largest absolute Gasteiger partial charge is 0.385 e. The van der Waals surface area contributed by atoms with Gasteiger partial charge in [0, 0.05) is 19.3 Å². The molecule has 1 atom stereocenters. The van der Waals surface area contributed by atoms with Crippen LogP contribution in [0.15, 0.2) is 24.3 Å². The van der Waals surface area contributed by atoms with E-state index in [-0.39, 0.29) is 5.91 Å². The predicted octanol–water partition coefficient (Wildman–Crippen LogP) is 3.05. The minimum Gasteiger partial charge on any atom is -0.385 e. The standard InChI is InChI=1S/C14H19Cl3N2O2/c1-10-5-3-6-11(9-10)12(20)19-13(14(15,16)17)18-7-4-8-21-2/h3,5-6,9,13,18H,4,7-8H2,1-2H3,(H,19,20)/t13-/m0/s1. The van der Waals surface area contributed by atoms with Gasteiger partial charge in [0.1, 0.15) is 6.17 Å². The van der Waals surface area contributed by atoms with Crippen molar-refractivity contribution in [2.24, 2.45) is 0 Å². The molecule has 4 nitrogen and oxygen atoms in total. The normalized spacial score (nSPS) is 13.0. The summed E-state index contributed by atoms with van der Waals surface area (Å²) in [5, 5.41) is 5.69. The summed E-state index contributed by atoms with van der Waals surface area (Å²) >= 11 is 17.7. The molecule has 1 rings (SSSR count). The summed E-state index contributed by atoms with van der Waals surface area (Å²) in [6.07, 6.45) is -0.0407. The van der Waals surface area contributed by atoms with E-state index in [1.807, 2.05) is 13.0 Å². The maximum absolute atomic E-state index is 12.2. The second-order valence-corrected chi connectivity index (χ2v) is 6.99. The van der Waals surface area contributed by atoms with Crippen LogP contribution in [-0.4, -0.2) is 36.1 Å². The van der Waals surface area contributed by atoms with Crippen molar-refractivity contribution < 1.29 is 9.53 Å². The lowest BCUT2D eigenvalue weighted by Gasteiger charge is -2.26. The zero-order valence-corrected chi connectivity index (χ0v) is 14.2. The molecule has 2 N–H and O–H groups in total. The van der Waals surface area contributed by atoms with E-state index in [1.165, 1.54) is 0 Å². The van der Waals surface area contributed by atoms with E-state index in [2.05, 4.69) is 10.6 Å². The Hall–Kier alpha value is -0.520. The van der Waals surface area contributed by atoms with Crippen LogP contribution in [0.4, 0.5) is 0 Å². The summed E-state index contributed by atoms with van der Waals surface area (Å²) < 4.78 is 3.30. The molecule has 118 valence electrons. The minimum absolute atomic E-state index is 0.297. The van der Waals surface area contributed by atoms with Gasteiger partial charge in [0.25, 0.3) is 5.91 Å². The number of carbonyl (C=O) groups excluding carboxylic acids is 1. The molecule has 0 aromatic heterocycles. The van der Waals surface area contributed by atoms with Crippen molar-refractivity contribution in [3.05, 3.63) is 35.4 Å². The van der Waals surface area contributed by atoms with Crippen molar-refractivity contribution >= 4 is 40.7 Å². The number of carbonyl (C=O) groups is 1. The quantitative estimate of drug-likeness (QED) is 0.450. The second kappa shape index (κ2) is 8.81. The van der Waals surface area contributed by atoms with Crippen LogP contribution < -0.4 is 10.6 Å². The number of benzene rings is 1. The third-order valence-electron chi connectivity index (χ3n) is 2.76. The first-order chi connectivity index (χ1) is 9.84. The number of hydrogen-bond donors (Lipinski definition) is 2. The van der Waals surface area contributed by atoms with Crippen molar-refractivity contribution in [2.45, 2.75) is 23.3 Å². The molecule has 0 heterocycles. The first kappa shape index (κ1) is 18.5. The third kappa shape index (κ3) is 6.85. The first-order valence-corrected chi connectivity index (χ1v) is 7.64. The number of nitrogens with one attached hydrogen (secondary N) is 2. The predicted molar refractivity (Wildman–Crippen MR) is 87.2 cm³/mol. The number of aryl methyl sites for hydroxylation is 1. The Labute approximate surface area is 140 Å². The van der Waals surface area contributed by atoms with Gasteiger partial charge in [-0.3, -0.25) is 10.1 Å². The summed E-state index contributed by atoms with van der Waals surface area (Å²) in [6, 6.07) is 7.20. The number of amides is 1. The molecule has 0 aliphatic rings. The number of methoxy groups -OCH3 is 1. The summed E-state index contributed by atoms with van der Waals surface area (Å²) in [6.45, 7) is 3.05. The number of hydrogen-bond acceptors (Lipinski definition) is 3. The van der Waals surface area contributed by atoms with E-state index in [1.54, 1.807) is 25.3 Å². The van der Waals surface area contributed by atoms with Gasteiger partial charge in [0.15, 0.2) is 0 Å². The average Bonchev–Trinajstić information content (AvgIpc) is 2.40. The Morgan fingerprint density at radius 3 is 2.67 bits per heavy atom. The summed E-state index contributed by atoms with van der Waals surface area (Å²) in [5.41, 5.74) is 1.51. The van der Waals surface area contributed by atoms with E-state index in [0.29, 0.717) is 18.7 Å². The lowest BCUT2D eigenvalue weighted by atomic mass is 10.1. The number of alkyl halides is 3. The maximum atomic E-state index is 12.2. The lowest BCUT2D eigenvalue weighted by Crippen LogP contribution is -2.53. The number of halogens is 3. The van der Waals surface area contributed by atoms with Crippen LogP contribution >= 0.6 is 34.8 Å². The van der Waals surface area contributed by atoms with Crippen LogP contribution in [-0.2, 0) is 4.74 Å². The number of rotatable bonds is 7. The summed E-state index contributed by atoms with van der Waals surface area (Å²) in [4.78, 5) is 12.2. The molecule has 1 aromatic carbocycles. The molecule has 0 unspecified atom stereocenters. The third-order valence-corrected chi connectivity index (χ3v) is 3.41. The fourth-order valence-corrected chi connectivity index (χ4v) is 2.11. The molecule has 0 aliphatic carbocycles. The fourth-order valence-electron chi connectivity index (χ4n) is 1.71. The SMILES string of the molecule is COCCCN[C@@H](NC(=O)c1cccc(C)c1)C(Cl)(Cl)Cl. The van der Waals surface area contributed by atoms with E-state index in [4.69, 9.17) is 39.5 Å². The highest BCUT2D eigenvalue weighted by Crippen LogP contribution is 2.29. The molecule has 0 fully saturated rings. The first-order valence-electron chi connectivity index (χ1n) is 6.51. The van der Waals surface area contributed by atoms with Crippen LogP contribution in [0.2, 0.25) is 0 Å².